The van der Waals surface area contributed by atoms with Gasteiger partial charge in [0.2, 0.25) is 15.9 Å². The third-order valence-electron chi connectivity index (χ3n) is 3.10. The van der Waals surface area contributed by atoms with E-state index in [1.165, 1.54) is 25.4 Å². The van der Waals surface area contributed by atoms with Crippen molar-refractivity contribution in [1.29, 1.82) is 0 Å². The van der Waals surface area contributed by atoms with Gasteiger partial charge in [0.05, 0.1) is 22.1 Å². The lowest BCUT2D eigenvalue weighted by Crippen LogP contribution is -2.27. The highest BCUT2D eigenvalue weighted by atomic mass is 32.2. The summed E-state index contributed by atoms with van der Waals surface area (Å²) in [6.45, 7) is 3.79. The van der Waals surface area contributed by atoms with E-state index in [-0.39, 0.29) is 17.3 Å². The number of amides is 1. The van der Waals surface area contributed by atoms with Crippen LogP contribution in [0.25, 0.3) is 10.4 Å². The molecule has 0 aliphatic rings. The number of aryl methyl sites for hydroxylation is 1. The van der Waals surface area contributed by atoms with Crippen LogP contribution in [0, 0.1) is 6.92 Å². The summed E-state index contributed by atoms with van der Waals surface area (Å²) in [5.74, 6) is -0.182. The number of rotatable bonds is 7. The molecule has 2 rings (SSSR count). The van der Waals surface area contributed by atoms with E-state index in [0.717, 1.165) is 16.1 Å². The highest BCUT2D eigenvalue weighted by molar-refractivity contribution is 7.89. The molecule has 1 aromatic heterocycles. The van der Waals surface area contributed by atoms with Crippen molar-refractivity contribution in [3.63, 3.8) is 0 Å². The summed E-state index contributed by atoms with van der Waals surface area (Å²) in [6.07, 6.45) is 0. The largest absolute Gasteiger partial charge is 0.383 e. The molecule has 24 heavy (non-hydrogen) atoms. The monoisotopic (exact) mass is 369 g/mol. The molecule has 130 valence electrons. The molecule has 1 amide bonds. The Morgan fingerprint density at radius 1 is 1.29 bits per heavy atom. The Labute approximate surface area is 145 Å². The number of hydrogen-bond donors (Lipinski definition) is 2. The Balaban J connectivity index is 2.20. The van der Waals surface area contributed by atoms with E-state index in [1.54, 1.807) is 24.3 Å². The van der Waals surface area contributed by atoms with Gasteiger partial charge >= 0.3 is 0 Å². The van der Waals surface area contributed by atoms with E-state index in [4.69, 9.17) is 4.74 Å². The molecular formula is C15H19N3O4S2. The third kappa shape index (κ3) is 4.60. The Kier molecular flexibility index (Phi) is 6.05. The summed E-state index contributed by atoms with van der Waals surface area (Å²) in [5, 5.41) is 3.17. The maximum Gasteiger partial charge on any atom is 0.240 e. The number of ether oxygens (including phenoxy) is 1. The molecule has 0 spiro atoms. The summed E-state index contributed by atoms with van der Waals surface area (Å²) in [7, 11) is -2.04. The Hall–Kier alpha value is -1.81. The topological polar surface area (TPSA) is 97.4 Å². The fourth-order valence-corrected chi connectivity index (χ4v) is 4.05. The number of carbonyl (C=O) groups is 1. The second kappa shape index (κ2) is 7.84. The molecule has 2 N–H and O–H groups in total. The number of nitrogens with one attached hydrogen (secondary N) is 2. The summed E-state index contributed by atoms with van der Waals surface area (Å²) in [5.41, 5.74) is 1.62. The van der Waals surface area contributed by atoms with Gasteiger partial charge in [0.25, 0.3) is 0 Å². The van der Waals surface area contributed by atoms with E-state index in [1.807, 2.05) is 6.92 Å². The normalized spacial score (nSPS) is 11.5. The number of carbonyl (C=O) groups excluding carboxylic acids is 1. The summed E-state index contributed by atoms with van der Waals surface area (Å²) in [6, 6.07) is 6.54. The van der Waals surface area contributed by atoms with Gasteiger partial charge in [0.15, 0.2) is 5.13 Å². The lowest BCUT2D eigenvalue weighted by atomic mass is 10.2. The average molecular weight is 369 g/mol. The molecule has 0 saturated carbocycles. The number of anilines is 1. The summed E-state index contributed by atoms with van der Waals surface area (Å²) in [4.78, 5) is 16.5. The number of benzene rings is 1. The molecule has 0 atom stereocenters. The van der Waals surface area contributed by atoms with Crippen LogP contribution in [0.3, 0.4) is 0 Å². The molecule has 1 heterocycles. The smallest absolute Gasteiger partial charge is 0.240 e. The molecule has 9 heteroatoms. The molecule has 0 unspecified atom stereocenters. The number of sulfonamides is 1. The van der Waals surface area contributed by atoms with Crippen LogP contribution in [0.5, 0.6) is 0 Å². The van der Waals surface area contributed by atoms with Crippen molar-refractivity contribution < 1.29 is 17.9 Å². The van der Waals surface area contributed by atoms with Crippen LogP contribution in [0.15, 0.2) is 29.2 Å². The fourth-order valence-electron chi connectivity index (χ4n) is 2.02. The van der Waals surface area contributed by atoms with Crippen molar-refractivity contribution >= 4 is 32.4 Å². The van der Waals surface area contributed by atoms with Gasteiger partial charge in [-0.3, -0.25) is 4.79 Å². The van der Waals surface area contributed by atoms with Gasteiger partial charge in [-0.2, -0.15) is 0 Å². The molecule has 0 bridgehead atoms. The van der Waals surface area contributed by atoms with Crippen LogP contribution >= 0.6 is 11.3 Å². The lowest BCUT2D eigenvalue weighted by Gasteiger charge is -2.07. The minimum atomic E-state index is -3.55. The van der Waals surface area contributed by atoms with Crippen molar-refractivity contribution in [2.45, 2.75) is 18.7 Å². The predicted molar refractivity (Wildman–Crippen MR) is 93.7 cm³/mol. The Morgan fingerprint density at radius 2 is 1.96 bits per heavy atom. The molecular weight excluding hydrogens is 350 g/mol. The first-order chi connectivity index (χ1) is 11.3. The Bertz CT molecular complexity index is 814. The van der Waals surface area contributed by atoms with Crippen LogP contribution in [0.4, 0.5) is 5.13 Å². The summed E-state index contributed by atoms with van der Waals surface area (Å²) >= 11 is 1.35. The summed E-state index contributed by atoms with van der Waals surface area (Å²) < 4.78 is 31.5. The second-order valence-electron chi connectivity index (χ2n) is 5.03. The van der Waals surface area contributed by atoms with E-state index >= 15 is 0 Å². The van der Waals surface area contributed by atoms with Crippen molar-refractivity contribution in [2.24, 2.45) is 0 Å². The molecule has 0 saturated heterocycles. The first-order valence-electron chi connectivity index (χ1n) is 7.17. The highest BCUT2D eigenvalue weighted by Crippen LogP contribution is 2.33. The molecule has 0 aliphatic carbocycles. The van der Waals surface area contributed by atoms with Crippen molar-refractivity contribution in [2.75, 3.05) is 25.6 Å². The van der Waals surface area contributed by atoms with Gasteiger partial charge in [-0.15, -0.1) is 0 Å². The van der Waals surface area contributed by atoms with Crippen LogP contribution < -0.4 is 10.0 Å². The molecule has 1 aromatic carbocycles. The minimum Gasteiger partial charge on any atom is -0.383 e. The standard InChI is InChI=1S/C15H19N3O4S2/c1-10-14(23-15(17-10)18-11(2)19)12-4-6-13(7-5-12)24(20,21)16-8-9-22-3/h4-7,16H,8-9H2,1-3H3,(H,17,18,19). The molecule has 0 fully saturated rings. The van der Waals surface area contributed by atoms with Gasteiger partial charge in [-0.25, -0.2) is 18.1 Å². The zero-order valence-corrected chi connectivity index (χ0v) is 15.3. The van der Waals surface area contributed by atoms with E-state index in [0.29, 0.717) is 11.7 Å². The van der Waals surface area contributed by atoms with E-state index in [2.05, 4.69) is 15.0 Å². The van der Waals surface area contributed by atoms with Gasteiger partial charge in [0, 0.05) is 20.6 Å². The average Bonchev–Trinajstić information content (AvgIpc) is 2.87. The van der Waals surface area contributed by atoms with Gasteiger partial charge in [-0.1, -0.05) is 23.5 Å². The zero-order chi connectivity index (χ0) is 17.7. The first-order valence-corrected chi connectivity index (χ1v) is 9.47. The maximum atomic E-state index is 12.1. The number of aromatic nitrogens is 1. The quantitative estimate of drug-likeness (QED) is 0.728. The van der Waals surface area contributed by atoms with Crippen LogP contribution in [0.1, 0.15) is 12.6 Å². The number of nitrogens with zero attached hydrogens (tertiary/aromatic N) is 1. The molecule has 0 aliphatic heterocycles. The number of methoxy groups -OCH3 is 1. The van der Waals surface area contributed by atoms with Crippen LogP contribution in [-0.2, 0) is 19.6 Å². The van der Waals surface area contributed by atoms with Gasteiger partial charge in [0.1, 0.15) is 0 Å². The predicted octanol–water partition coefficient (Wildman–Crippen LogP) is 2.00. The molecule has 7 nitrogen and oxygen atoms in total. The zero-order valence-electron chi connectivity index (χ0n) is 13.6. The highest BCUT2D eigenvalue weighted by Gasteiger charge is 2.15. The van der Waals surface area contributed by atoms with Crippen molar-refractivity contribution in [1.82, 2.24) is 9.71 Å². The van der Waals surface area contributed by atoms with Crippen LogP contribution in [0.2, 0.25) is 0 Å². The maximum absolute atomic E-state index is 12.1. The SMILES string of the molecule is COCCNS(=O)(=O)c1ccc(-c2sc(NC(C)=O)nc2C)cc1. The minimum absolute atomic E-state index is 0.182. The van der Waals surface area contributed by atoms with E-state index < -0.39 is 10.0 Å². The van der Waals surface area contributed by atoms with Crippen LogP contribution in [-0.4, -0.2) is 39.6 Å². The van der Waals surface area contributed by atoms with Crippen molar-refractivity contribution in [3.8, 4) is 10.4 Å². The Morgan fingerprint density at radius 3 is 2.54 bits per heavy atom. The fraction of sp³-hybridized carbons (Fsp3) is 0.333. The molecule has 0 radical (unpaired) electrons. The number of hydrogen-bond acceptors (Lipinski definition) is 6. The second-order valence-corrected chi connectivity index (χ2v) is 7.80. The molecule has 2 aromatic rings. The number of thiazole rings is 1. The van der Waals surface area contributed by atoms with E-state index in [9.17, 15) is 13.2 Å². The lowest BCUT2D eigenvalue weighted by molar-refractivity contribution is -0.114. The first kappa shape index (κ1) is 18.5. The van der Waals surface area contributed by atoms with Gasteiger partial charge < -0.3 is 10.1 Å². The van der Waals surface area contributed by atoms with Crippen molar-refractivity contribution in [3.05, 3.63) is 30.0 Å². The van der Waals surface area contributed by atoms with Gasteiger partial charge in [-0.05, 0) is 24.6 Å². The third-order valence-corrected chi connectivity index (χ3v) is 5.70.